The third-order valence-corrected chi connectivity index (χ3v) is 3.51. The maximum absolute atomic E-state index is 11.7. The highest BCUT2D eigenvalue weighted by molar-refractivity contribution is 5.94. The second-order valence-electron chi connectivity index (χ2n) is 5.38. The number of carbonyl (C=O) groups excluding carboxylic acids is 2. The van der Waals surface area contributed by atoms with Crippen molar-refractivity contribution in [1.29, 1.82) is 0 Å². The van der Waals surface area contributed by atoms with Crippen molar-refractivity contribution in [3.05, 3.63) is 0 Å². The highest BCUT2D eigenvalue weighted by atomic mass is 16.4. The fourth-order valence-corrected chi connectivity index (χ4v) is 2.43. The molecule has 7 nitrogen and oxygen atoms in total. The molecule has 120 valence electrons. The molecule has 1 saturated heterocycles. The van der Waals surface area contributed by atoms with E-state index in [2.05, 4.69) is 22.5 Å². The number of hydrogen-bond acceptors (Lipinski definition) is 4. The number of carbonyl (C=O) groups is 3. The molecule has 0 radical (unpaired) electrons. The zero-order valence-electron chi connectivity index (χ0n) is 12.6. The largest absolute Gasteiger partial charge is 0.481 e. The third-order valence-electron chi connectivity index (χ3n) is 3.51. The Kier molecular flexibility index (Phi) is 7.74. The summed E-state index contributed by atoms with van der Waals surface area (Å²) in [7, 11) is 0. The Morgan fingerprint density at radius 3 is 2.43 bits per heavy atom. The number of rotatable bonds is 7. The average molecular weight is 299 g/mol. The number of imide groups is 1. The molecule has 0 aromatic carbocycles. The summed E-state index contributed by atoms with van der Waals surface area (Å²) in [5, 5.41) is 13.5. The van der Waals surface area contributed by atoms with E-state index in [1.54, 1.807) is 0 Å². The topological polar surface area (TPSA) is 98.7 Å². The van der Waals surface area contributed by atoms with Crippen molar-refractivity contribution in [3.63, 3.8) is 0 Å². The van der Waals surface area contributed by atoms with E-state index in [0.717, 1.165) is 38.9 Å². The summed E-state index contributed by atoms with van der Waals surface area (Å²) < 4.78 is 0. The molecule has 3 N–H and O–H groups in total. The van der Waals surface area contributed by atoms with Gasteiger partial charge >= 0.3 is 12.0 Å². The van der Waals surface area contributed by atoms with Crippen LogP contribution in [-0.4, -0.2) is 53.6 Å². The standard InChI is InChI=1S/C14H25N3O4/c1-2-8-17-9-6-11(7-10-17)15-14(21)16-12(18)4-3-5-13(19)20/h11H,2-10H2,1H3,(H,19,20)(H2,15,16,18,21). The van der Waals surface area contributed by atoms with E-state index in [9.17, 15) is 14.4 Å². The normalized spacial score (nSPS) is 16.4. The molecule has 1 heterocycles. The minimum Gasteiger partial charge on any atom is -0.481 e. The predicted octanol–water partition coefficient (Wildman–Crippen LogP) is 0.942. The lowest BCUT2D eigenvalue weighted by atomic mass is 10.1. The van der Waals surface area contributed by atoms with Crippen LogP contribution in [0.15, 0.2) is 0 Å². The van der Waals surface area contributed by atoms with E-state index in [0.29, 0.717) is 0 Å². The van der Waals surface area contributed by atoms with Crippen molar-refractivity contribution in [3.8, 4) is 0 Å². The average Bonchev–Trinajstić information content (AvgIpc) is 2.40. The van der Waals surface area contributed by atoms with E-state index < -0.39 is 17.9 Å². The maximum Gasteiger partial charge on any atom is 0.321 e. The number of likely N-dealkylation sites (tertiary alicyclic amines) is 1. The van der Waals surface area contributed by atoms with Crippen LogP contribution in [-0.2, 0) is 9.59 Å². The van der Waals surface area contributed by atoms with E-state index in [1.807, 2.05) is 0 Å². The number of nitrogens with zero attached hydrogens (tertiary/aromatic N) is 1. The number of amides is 3. The van der Waals surface area contributed by atoms with Crippen LogP contribution in [0.2, 0.25) is 0 Å². The first kappa shape index (κ1) is 17.4. The Labute approximate surface area is 125 Å². The second-order valence-corrected chi connectivity index (χ2v) is 5.38. The molecular weight excluding hydrogens is 274 g/mol. The maximum atomic E-state index is 11.7. The molecule has 7 heteroatoms. The molecule has 0 aromatic heterocycles. The molecule has 1 rings (SSSR count). The molecule has 0 bridgehead atoms. The van der Waals surface area contributed by atoms with Crippen LogP contribution in [0.4, 0.5) is 4.79 Å². The quantitative estimate of drug-likeness (QED) is 0.650. The van der Waals surface area contributed by atoms with Crippen LogP contribution in [0.1, 0.15) is 45.4 Å². The summed E-state index contributed by atoms with van der Waals surface area (Å²) in [6.07, 6.45) is 3.13. The first-order valence-electron chi connectivity index (χ1n) is 7.55. The van der Waals surface area contributed by atoms with Gasteiger partial charge in [0.2, 0.25) is 5.91 Å². The van der Waals surface area contributed by atoms with E-state index in [1.165, 1.54) is 0 Å². The van der Waals surface area contributed by atoms with E-state index in [-0.39, 0.29) is 25.3 Å². The fourth-order valence-electron chi connectivity index (χ4n) is 2.43. The van der Waals surface area contributed by atoms with Crippen LogP contribution in [0, 0.1) is 0 Å². The second kappa shape index (κ2) is 9.33. The Balaban J connectivity index is 2.16. The molecule has 3 amide bonds. The monoisotopic (exact) mass is 299 g/mol. The Morgan fingerprint density at radius 2 is 1.86 bits per heavy atom. The predicted molar refractivity (Wildman–Crippen MR) is 77.9 cm³/mol. The smallest absolute Gasteiger partial charge is 0.321 e. The zero-order chi connectivity index (χ0) is 15.7. The van der Waals surface area contributed by atoms with Gasteiger partial charge in [-0.05, 0) is 32.2 Å². The van der Waals surface area contributed by atoms with Gasteiger partial charge in [0.1, 0.15) is 0 Å². The minimum atomic E-state index is -0.939. The van der Waals surface area contributed by atoms with Gasteiger partial charge in [0, 0.05) is 32.0 Å². The van der Waals surface area contributed by atoms with Gasteiger partial charge in [-0.3, -0.25) is 14.9 Å². The van der Waals surface area contributed by atoms with Gasteiger partial charge in [-0.1, -0.05) is 6.92 Å². The van der Waals surface area contributed by atoms with Crippen molar-refractivity contribution < 1.29 is 19.5 Å². The Morgan fingerprint density at radius 1 is 1.19 bits per heavy atom. The highest BCUT2D eigenvalue weighted by Crippen LogP contribution is 2.10. The van der Waals surface area contributed by atoms with Gasteiger partial charge in [-0.2, -0.15) is 0 Å². The first-order valence-corrected chi connectivity index (χ1v) is 7.55. The molecule has 0 aliphatic carbocycles. The molecule has 1 aliphatic heterocycles. The summed E-state index contributed by atoms with van der Waals surface area (Å²) in [5.74, 6) is -1.37. The summed E-state index contributed by atoms with van der Waals surface area (Å²) in [5.41, 5.74) is 0. The van der Waals surface area contributed by atoms with Crippen molar-refractivity contribution >= 4 is 17.9 Å². The van der Waals surface area contributed by atoms with E-state index in [4.69, 9.17) is 5.11 Å². The molecule has 1 fully saturated rings. The minimum absolute atomic E-state index is 0.0503. The van der Waals surface area contributed by atoms with Crippen molar-refractivity contribution in [2.24, 2.45) is 0 Å². The SMILES string of the molecule is CCCN1CCC(NC(=O)NC(=O)CCCC(=O)O)CC1. The lowest BCUT2D eigenvalue weighted by molar-refractivity contribution is -0.137. The number of carboxylic acids is 1. The summed E-state index contributed by atoms with van der Waals surface area (Å²) in [6, 6.07) is -0.380. The van der Waals surface area contributed by atoms with Gasteiger partial charge in [0.05, 0.1) is 0 Å². The van der Waals surface area contributed by atoms with Gasteiger partial charge in [0.25, 0.3) is 0 Å². The Bertz CT molecular complexity index is 365. The number of urea groups is 1. The van der Waals surface area contributed by atoms with Crippen molar-refractivity contribution in [2.75, 3.05) is 19.6 Å². The molecule has 1 aliphatic rings. The molecule has 21 heavy (non-hydrogen) atoms. The summed E-state index contributed by atoms with van der Waals surface area (Å²) >= 11 is 0. The van der Waals surface area contributed by atoms with Gasteiger partial charge in [-0.25, -0.2) is 4.79 Å². The number of piperidine rings is 1. The van der Waals surface area contributed by atoms with Crippen LogP contribution in [0.25, 0.3) is 0 Å². The number of carboxylic acid groups (broad SMARTS) is 1. The van der Waals surface area contributed by atoms with E-state index >= 15 is 0 Å². The molecule has 0 atom stereocenters. The lowest BCUT2D eigenvalue weighted by Gasteiger charge is -2.31. The number of aliphatic carboxylic acids is 1. The molecule has 0 saturated carbocycles. The molecule has 0 spiro atoms. The number of hydrogen-bond donors (Lipinski definition) is 3. The van der Waals surface area contributed by atoms with Crippen LogP contribution < -0.4 is 10.6 Å². The van der Waals surface area contributed by atoms with Crippen LogP contribution in [0.3, 0.4) is 0 Å². The zero-order valence-corrected chi connectivity index (χ0v) is 12.6. The number of nitrogens with one attached hydrogen (secondary N) is 2. The Hall–Kier alpha value is -1.63. The first-order chi connectivity index (χ1) is 10.0. The molecule has 0 unspecified atom stereocenters. The lowest BCUT2D eigenvalue weighted by Crippen LogP contribution is -2.49. The van der Waals surface area contributed by atoms with Crippen molar-refractivity contribution in [2.45, 2.75) is 51.5 Å². The third kappa shape index (κ3) is 7.65. The van der Waals surface area contributed by atoms with Crippen molar-refractivity contribution in [1.82, 2.24) is 15.5 Å². The van der Waals surface area contributed by atoms with Crippen LogP contribution in [0.5, 0.6) is 0 Å². The summed E-state index contributed by atoms with van der Waals surface area (Å²) in [4.78, 5) is 35.8. The van der Waals surface area contributed by atoms with Crippen LogP contribution >= 0.6 is 0 Å². The highest BCUT2D eigenvalue weighted by Gasteiger charge is 2.20. The van der Waals surface area contributed by atoms with Gasteiger partial charge in [0.15, 0.2) is 0 Å². The molecular formula is C14H25N3O4. The van der Waals surface area contributed by atoms with Gasteiger partial charge in [-0.15, -0.1) is 0 Å². The molecule has 0 aromatic rings. The van der Waals surface area contributed by atoms with Gasteiger partial charge < -0.3 is 15.3 Å². The fraction of sp³-hybridized carbons (Fsp3) is 0.786. The summed E-state index contributed by atoms with van der Waals surface area (Å²) in [6.45, 7) is 5.16.